The Labute approximate surface area is 97.1 Å². The lowest BCUT2D eigenvalue weighted by molar-refractivity contribution is 0.863. The third kappa shape index (κ3) is 2.83. The molecule has 0 bridgehead atoms. The summed E-state index contributed by atoms with van der Waals surface area (Å²) >= 11 is 10.1. The highest BCUT2D eigenvalue weighted by Gasteiger charge is 2.27. The lowest BCUT2D eigenvalue weighted by Gasteiger charge is -2.21. The fourth-order valence-electron chi connectivity index (χ4n) is 0.844. The number of benzene rings is 1. The third-order valence-corrected chi connectivity index (χ3v) is 4.83. The van der Waals surface area contributed by atoms with Gasteiger partial charge in [0.2, 0.25) is 0 Å². The molecule has 0 radical (unpaired) electrons. The van der Waals surface area contributed by atoms with Gasteiger partial charge in [-0.25, -0.2) is 0 Å². The Kier molecular flexibility index (Phi) is 3.76. The highest BCUT2D eigenvalue weighted by atomic mass is 79.9. The lowest BCUT2D eigenvalue weighted by atomic mass is 10.1. The maximum atomic E-state index is 5.80. The molecule has 0 aliphatic heterocycles. The molecule has 1 aromatic rings. The monoisotopic (exact) mass is 355 g/mol. The molecule has 0 spiro atoms. The topological polar surface area (TPSA) is 26.0 Å². The predicted molar refractivity (Wildman–Crippen MR) is 62.9 cm³/mol. The van der Waals surface area contributed by atoms with Gasteiger partial charge in [-0.3, -0.25) is 0 Å². The van der Waals surface area contributed by atoms with Crippen molar-refractivity contribution in [3.63, 3.8) is 0 Å². The first-order chi connectivity index (χ1) is 5.52. The summed E-state index contributed by atoms with van der Waals surface area (Å²) in [6, 6.07) is 9.97. The molecule has 0 saturated heterocycles. The minimum atomic E-state index is -0.596. The van der Waals surface area contributed by atoms with Crippen LogP contribution in [0.4, 0.5) is 0 Å². The Morgan fingerprint density at radius 2 is 1.67 bits per heavy atom. The summed E-state index contributed by atoms with van der Waals surface area (Å²) < 4.78 is -0.596. The van der Waals surface area contributed by atoms with Crippen LogP contribution < -0.4 is 5.73 Å². The predicted octanol–water partition coefficient (Wildman–Crippen LogP) is 3.52. The summed E-state index contributed by atoms with van der Waals surface area (Å²) in [5.41, 5.74) is 6.93. The van der Waals surface area contributed by atoms with Gasteiger partial charge in [-0.15, -0.1) is 0 Å². The second-order valence-electron chi connectivity index (χ2n) is 2.45. The van der Waals surface area contributed by atoms with E-state index in [1.807, 2.05) is 30.3 Å². The van der Waals surface area contributed by atoms with E-state index in [-0.39, 0.29) is 4.83 Å². The average Bonchev–Trinajstić information content (AvgIpc) is 2.03. The molecule has 1 aromatic carbocycles. The van der Waals surface area contributed by atoms with E-state index < -0.39 is 3.36 Å². The second kappa shape index (κ2) is 4.22. The van der Waals surface area contributed by atoms with E-state index in [4.69, 9.17) is 5.73 Å². The summed E-state index contributed by atoms with van der Waals surface area (Å²) in [6.07, 6.45) is 0. The zero-order chi connectivity index (χ0) is 9.19. The Morgan fingerprint density at radius 1 is 1.17 bits per heavy atom. The Morgan fingerprint density at radius 3 is 2.08 bits per heavy atom. The summed E-state index contributed by atoms with van der Waals surface area (Å²) in [5.74, 6) is 0. The van der Waals surface area contributed by atoms with Crippen LogP contribution >= 0.6 is 47.8 Å². The molecule has 0 aromatic heterocycles. The van der Waals surface area contributed by atoms with E-state index in [0.29, 0.717) is 0 Å². The molecule has 1 unspecified atom stereocenters. The van der Waals surface area contributed by atoms with Crippen LogP contribution in [-0.2, 0) is 0 Å². The van der Waals surface area contributed by atoms with Crippen molar-refractivity contribution in [2.75, 3.05) is 0 Å². The molecule has 0 aliphatic rings. The molecular formula is C8H8Br3N. The van der Waals surface area contributed by atoms with Gasteiger partial charge < -0.3 is 5.73 Å². The molecule has 1 rings (SSSR count). The van der Waals surface area contributed by atoms with Crippen molar-refractivity contribution in [2.45, 2.75) is 8.18 Å². The average molecular weight is 358 g/mol. The number of halogens is 3. The smallest absolute Gasteiger partial charge is 0.144 e. The van der Waals surface area contributed by atoms with Crippen molar-refractivity contribution in [3.05, 3.63) is 35.9 Å². The normalized spacial score (nSPS) is 14.3. The number of hydrogen-bond acceptors (Lipinski definition) is 1. The van der Waals surface area contributed by atoms with Crippen molar-refractivity contribution in [2.24, 2.45) is 5.73 Å². The summed E-state index contributed by atoms with van der Waals surface area (Å²) in [7, 11) is 0. The van der Waals surface area contributed by atoms with Crippen molar-refractivity contribution in [1.29, 1.82) is 0 Å². The van der Waals surface area contributed by atoms with Gasteiger partial charge in [0.15, 0.2) is 0 Å². The van der Waals surface area contributed by atoms with Gasteiger partial charge in [0.25, 0.3) is 0 Å². The van der Waals surface area contributed by atoms with E-state index in [1.165, 1.54) is 0 Å². The first-order valence-electron chi connectivity index (χ1n) is 3.37. The van der Waals surface area contributed by atoms with E-state index in [9.17, 15) is 0 Å². The molecule has 0 aliphatic carbocycles. The molecule has 4 heteroatoms. The van der Waals surface area contributed by atoms with E-state index in [2.05, 4.69) is 47.8 Å². The van der Waals surface area contributed by atoms with Gasteiger partial charge in [-0.2, -0.15) is 0 Å². The van der Waals surface area contributed by atoms with Gasteiger partial charge in [0.05, 0.1) is 4.83 Å². The van der Waals surface area contributed by atoms with Crippen LogP contribution in [0.3, 0.4) is 0 Å². The molecule has 66 valence electrons. The number of alkyl halides is 3. The van der Waals surface area contributed by atoms with Gasteiger partial charge >= 0.3 is 0 Å². The van der Waals surface area contributed by atoms with Gasteiger partial charge in [-0.05, 0) is 5.56 Å². The van der Waals surface area contributed by atoms with Crippen molar-refractivity contribution in [1.82, 2.24) is 0 Å². The summed E-state index contributed by atoms with van der Waals surface area (Å²) in [4.78, 5) is 0.0474. The van der Waals surface area contributed by atoms with Crippen LogP contribution in [0.1, 0.15) is 10.4 Å². The van der Waals surface area contributed by atoms with E-state index >= 15 is 0 Å². The highest BCUT2D eigenvalue weighted by molar-refractivity contribution is 9.26. The molecule has 1 atom stereocenters. The number of nitrogens with two attached hydrogens (primary N) is 1. The molecule has 0 heterocycles. The van der Waals surface area contributed by atoms with Gasteiger partial charge in [0, 0.05) is 0 Å². The fourth-order valence-corrected chi connectivity index (χ4v) is 1.68. The maximum Gasteiger partial charge on any atom is 0.144 e. The van der Waals surface area contributed by atoms with Crippen LogP contribution in [0.5, 0.6) is 0 Å². The van der Waals surface area contributed by atoms with Gasteiger partial charge in [0.1, 0.15) is 3.36 Å². The fraction of sp³-hybridized carbons (Fsp3) is 0.250. The van der Waals surface area contributed by atoms with Crippen LogP contribution in [-0.4, -0.2) is 3.36 Å². The van der Waals surface area contributed by atoms with E-state index in [0.717, 1.165) is 5.56 Å². The van der Waals surface area contributed by atoms with Crippen LogP contribution in [0.25, 0.3) is 0 Å². The largest absolute Gasteiger partial charge is 0.306 e. The van der Waals surface area contributed by atoms with Crippen LogP contribution in [0.2, 0.25) is 0 Å². The quantitative estimate of drug-likeness (QED) is 0.636. The maximum absolute atomic E-state index is 5.80. The molecule has 0 amide bonds. The minimum absolute atomic E-state index is 0.0474. The number of hydrogen-bond donors (Lipinski definition) is 1. The first-order valence-corrected chi connectivity index (χ1v) is 5.87. The van der Waals surface area contributed by atoms with Crippen molar-refractivity contribution >= 4 is 47.8 Å². The van der Waals surface area contributed by atoms with Crippen LogP contribution in [0.15, 0.2) is 30.3 Å². The first kappa shape index (κ1) is 10.7. The molecular weight excluding hydrogens is 350 g/mol. The highest BCUT2D eigenvalue weighted by Crippen LogP contribution is 2.40. The van der Waals surface area contributed by atoms with Crippen molar-refractivity contribution in [3.8, 4) is 0 Å². The lowest BCUT2D eigenvalue weighted by Crippen LogP contribution is -2.29. The van der Waals surface area contributed by atoms with Gasteiger partial charge in [-0.1, -0.05) is 78.1 Å². The Balaban J connectivity index is 2.86. The van der Waals surface area contributed by atoms with E-state index in [1.54, 1.807) is 0 Å². The summed E-state index contributed by atoms with van der Waals surface area (Å²) in [5, 5.41) is 0. The third-order valence-electron chi connectivity index (χ3n) is 1.43. The number of rotatable bonds is 2. The second-order valence-corrected chi connectivity index (χ2v) is 7.05. The van der Waals surface area contributed by atoms with Crippen molar-refractivity contribution < 1.29 is 0 Å². The molecule has 0 saturated carbocycles. The Hall–Kier alpha value is 0.620. The molecule has 1 nitrogen and oxygen atoms in total. The van der Waals surface area contributed by atoms with Crippen LogP contribution in [0, 0.1) is 0 Å². The zero-order valence-electron chi connectivity index (χ0n) is 6.18. The molecule has 2 N–H and O–H groups in total. The standard InChI is InChI=1S/C8H8Br3N/c9-7(8(10,11)12)6-4-2-1-3-5-6/h1-5,7H,12H2. The Bertz CT molecular complexity index is 242. The zero-order valence-corrected chi connectivity index (χ0v) is 10.9. The SMILES string of the molecule is NC(Br)(Br)C(Br)c1ccccc1. The molecule has 0 fully saturated rings. The molecule has 12 heavy (non-hydrogen) atoms. The summed E-state index contributed by atoms with van der Waals surface area (Å²) in [6.45, 7) is 0. The minimum Gasteiger partial charge on any atom is -0.306 e.